The Labute approximate surface area is 140 Å². The second kappa shape index (κ2) is 7.00. The molecule has 0 aliphatic carbocycles. The van der Waals surface area contributed by atoms with Gasteiger partial charge in [0.15, 0.2) is 0 Å². The summed E-state index contributed by atoms with van der Waals surface area (Å²) >= 11 is 0. The number of aromatic nitrogens is 2. The van der Waals surface area contributed by atoms with Crippen LogP contribution in [-0.4, -0.2) is 45.9 Å². The summed E-state index contributed by atoms with van der Waals surface area (Å²) in [6.45, 7) is 3.45. The molecule has 0 radical (unpaired) electrons. The highest BCUT2D eigenvalue weighted by atomic mass is 16.2. The third-order valence-corrected chi connectivity index (χ3v) is 4.49. The van der Waals surface area contributed by atoms with Crippen molar-refractivity contribution in [2.24, 2.45) is 5.73 Å². The zero-order chi connectivity index (χ0) is 17.1. The van der Waals surface area contributed by atoms with Crippen molar-refractivity contribution in [3.8, 4) is 0 Å². The summed E-state index contributed by atoms with van der Waals surface area (Å²) in [5.74, 6) is 0.517. The van der Waals surface area contributed by atoms with Crippen LogP contribution in [0.25, 0.3) is 11.0 Å². The van der Waals surface area contributed by atoms with Crippen molar-refractivity contribution >= 4 is 22.8 Å². The van der Waals surface area contributed by atoms with Gasteiger partial charge in [-0.3, -0.25) is 9.59 Å². The normalized spacial score (nSPS) is 17.4. The van der Waals surface area contributed by atoms with E-state index < -0.39 is 0 Å². The number of fused-ring (bicyclic) bond motifs is 1. The number of nitrogens with two attached hydrogens (primary N) is 1. The van der Waals surface area contributed by atoms with Crippen molar-refractivity contribution in [1.29, 1.82) is 0 Å². The van der Waals surface area contributed by atoms with Gasteiger partial charge >= 0.3 is 0 Å². The highest BCUT2D eigenvalue weighted by Gasteiger charge is 2.33. The summed E-state index contributed by atoms with van der Waals surface area (Å²) in [6, 6.07) is 7.98. The van der Waals surface area contributed by atoms with Crippen molar-refractivity contribution in [1.82, 2.24) is 19.8 Å². The minimum Gasteiger partial charge on any atom is -0.346 e. The van der Waals surface area contributed by atoms with Crippen LogP contribution >= 0.6 is 0 Å². The van der Waals surface area contributed by atoms with Gasteiger partial charge < -0.3 is 20.5 Å². The number of nitrogens with one attached hydrogen (secondary N) is 1. The Morgan fingerprint density at radius 2 is 2.17 bits per heavy atom. The Morgan fingerprint density at radius 3 is 2.92 bits per heavy atom. The van der Waals surface area contributed by atoms with Crippen molar-refractivity contribution in [3.63, 3.8) is 0 Å². The van der Waals surface area contributed by atoms with Gasteiger partial charge in [-0.1, -0.05) is 12.1 Å². The number of benzene rings is 1. The third kappa shape index (κ3) is 2.99. The second-order valence-electron chi connectivity index (χ2n) is 5.93. The third-order valence-electron chi connectivity index (χ3n) is 4.49. The van der Waals surface area contributed by atoms with E-state index in [-0.39, 0.29) is 30.9 Å². The van der Waals surface area contributed by atoms with Gasteiger partial charge in [-0.25, -0.2) is 4.98 Å². The van der Waals surface area contributed by atoms with Gasteiger partial charge in [0.25, 0.3) is 0 Å². The topological polar surface area (TPSA) is 93.2 Å². The summed E-state index contributed by atoms with van der Waals surface area (Å²) in [5.41, 5.74) is 7.30. The molecule has 2 heterocycles. The lowest BCUT2D eigenvalue weighted by Gasteiger charge is -2.25. The maximum atomic E-state index is 12.5. The molecule has 24 heavy (non-hydrogen) atoms. The molecule has 7 nitrogen and oxygen atoms in total. The van der Waals surface area contributed by atoms with Gasteiger partial charge in [-0.05, 0) is 31.9 Å². The number of carbonyl (C=O) groups is 2. The first-order valence-electron chi connectivity index (χ1n) is 8.37. The Kier molecular flexibility index (Phi) is 4.80. The fourth-order valence-electron chi connectivity index (χ4n) is 3.36. The number of rotatable bonds is 5. The standard InChI is InChI=1S/C17H23N5O2/c1-2-21-13-7-4-3-6-12(13)20-17(21)14-8-5-9-22(14)16(24)11-19-15(23)10-18/h3-4,6-7,14H,2,5,8-11,18H2,1H3,(H,19,23). The largest absolute Gasteiger partial charge is 0.346 e. The molecular weight excluding hydrogens is 306 g/mol. The van der Waals surface area contributed by atoms with E-state index in [1.54, 1.807) is 0 Å². The SMILES string of the molecule is CCn1c(C2CCCN2C(=O)CNC(=O)CN)nc2ccccc21. The first-order valence-corrected chi connectivity index (χ1v) is 8.37. The van der Waals surface area contributed by atoms with Crippen LogP contribution in [0.15, 0.2) is 24.3 Å². The average Bonchev–Trinajstić information content (AvgIpc) is 3.22. The molecule has 2 aromatic rings. The molecule has 2 amide bonds. The maximum absolute atomic E-state index is 12.5. The van der Waals surface area contributed by atoms with E-state index in [2.05, 4.69) is 22.9 Å². The van der Waals surface area contributed by atoms with Crippen LogP contribution in [0, 0.1) is 0 Å². The first-order chi connectivity index (χ1) is 11.7. The molecule has 3 N–H and O–H groups in total. The van der Waals surface area contributed by atoms with Gasteiger partial charge in [0.2, 0.25) is 11.8 Å². The van der Waals surface area contributed by atoms with E-state index >= 15 is 0 Å². The Hall–Kier alpha value is -2.41. The van der Waals surface area contributed by atoms with Crippen molar-refractivity contribution < 1.29 is 9.59 Å². The molecular formula is C17H23N5O2. The minimum absolute atomic E-state index is 0.0150. The van der Waals surface area contributed by atoms with Gasteiger partial charge in [0, 0.05) is 13.1 Å². The van der Waals surface area contributed by atoms with Crippen LogP contribution in [0.3, 0.4) is 0 Å². The Bertz CT molecular complexity index is 755. The summed E-state index contributed by atoms with van der Waals surface area (Å²) in [7, 11) is 0. The fourth-order valence-corrected chi connectivity index (χ4v) is 3.36. The highest BCUT2D eigenvalue weighted by molar-refractivity contribution is 5.86. The number of carbonyl (C=O) groups excluding carboxylic acids is 2. The number of hydrogen-bond donors (Lipinski definition) is 2. The number of aryl methyl sites for hydroxylation is 1. The predicted molar refractivity (Wildman–Crippen MR) is 91.2 cm³/mol. The molecule has 0 saturated carbocycles. The molecule has 1 aromatic heterocycles. The zero-order valence-electron chi connectivity index (χ0n) is 13.9. The van der Waals surface area contributed by atoms with Crippen molar-refractivity contribution in [2.45, 2.75) is 32.4 Å². The summed E-state index contributed by atoms with van der Waals surface area (Å²) in [6.07, 6.45) is 1.83. The maximum Gasteiger partial charge on any atom is 0.242 e. The van der Waals surface area contributed by atoms with Gasteiger partial charge in [0.1, 0.15) is 5.82 Å². The second-order valence-corrected chi connectivity index (χ2v) is 5.93. The van der Waals surface area contributed by atoms with Crippen LogP contribution in [0.2, 0.25) is 0 Å². The first kappa shape index (κ1) is 16.4. The molecule has 1 atom stereocenters. The van der Waals surface area contributed by atoms with Gasteiger partial charge in [0.05, 0.1) is 30.2 Å². The van der Waals surface area contributed by atoms with E-state index in [9.17, 15) is 9.59 Å². The predicted octanol–water partition coefficient (Wildman–Crippen LogP) is 0.795. The van der Waals surface area contributed by atoms with E-state index in [0.29, 0.717) is 6.54 Å². The van der Waals surface area contributed by atoms with Crippen LogP contribution in [0.5, 0.6) is 0 Å². The average molecular weight is 329 g/mol. The number of likely N-dealkylation sites (tertiary alicyclic amines) is 1. The Morgan fingerprint density at radius 1 is 1.38 bits per heavy atom. The highest BCUT2D eigenvalue weighted by Crippen LogP contribution is 2.33. The summed E-state index contributed by atoms with van der Waals surface area (Å²) < 4.78 is 2.17. The van der Waals surface area contributed by atoms with Crippen LogP contribution in [0.1, 0.15) is 31.6 Å². The lowest BCUT2D eigenvalue weighted by Crippen LogP contribution is -2.42. The molecule has 1 saturated heterocycles. The molecule has 0 spiro atoms. The van der Waals surface area contributed by atoms with Crippen LogP contribution in [0.4, 0.5) is 0 Å². The van der Waals surface area contributed by atoms with Crippen molar-refractivity contribution in [3.05, 3.63) is 30.1 Å². The van der Waals surface area contributed by atoms with Gasteiger partial charge in [-0.15, -0.1) is 0 Å². The lowest BCUT2D eigenvalue weighted by molar-refractivity contribution is -0.133. The van der Waals surface area contributed by atoms with Crippen LogP contribution in [-0.2, 0) is 16.1 Å². The smallest absolute Gasteiger partial charge is 0.242 e. The van der Waals surface area contributed by atoms with E-state index in [1.807, 2.05) is 23.1 Å². The number of hydrogen-bond acceptors (Lipinski definition) is 4. The van der Waals surface area contributed by atoms with E-state index in [0.717, 1.165) is 36.2 Å². The molecule has 3 rings (SSSR count). The number of para-hydroxylation sites is 2. The quantitative estimate of drug-likeness (QED) is 0.848. The molecule has 7 heteroatoms. The zero-order valence-corrected chi connectivity index (χ0v) is 13.9. The molecule has 1 aliphatic rings. The lowest BCUT2D eigenvalue weighted by atomic mass is 10.2. The van der Waals surface area contributed by atoms with Crippen LogP contribution < -0.4 is 11.1 Å². The minimum atomic E-state index is -0.320. The molecule has 1 aliphatic heterocycles. The van der Waals surface area contributed by atoms with Crippen molar-refractivity contribution in [2.75, 3.05) is 19.6 Å². The molecule has 128 valence electrons. The molecule has 0 bridgehead atoms. The monoisotopic (exact) mass is 329 g/mol. The van der Waals surface area contributed by atoms with E-state index in [4.69, 9.17) is 10.7 Å². The number of amides is 2. The molecule has 1 fully saturated rings. The summed E-state index contributed by atoms with van der Waals surface area (Å²) in [4.78, 5) is 30.4. The molecule has 1 aromatic carbocycles. The fraction of sp³-hybridized carbons (Fsp3) is 0.471. The summed E-state index contributed by atoms with van der Waals surface area (Å²) in [5, 5.41) is 2.55. The Balaban J connectivity index is 1.85. The number of imidazole rings is 1. The van der Waals surface area contributed by atoms with E-state index in [1.165, 1.54) is 0 Å². The van der Waals surface area contributed by atoms with Gasteiger partial charge in [-0.2, -0.15) is 0 Å². The number of nitrogens with zero attached hydrogens (tertiary/aromatic N) is 3. The molecule has 1 unspecified atom stereocenters.